The Bertz CT molecular complexity index is 260. The fourth-order valence-electron chi connectivity index (χ4n) is 1.63. The highest BCUT2D eigenvalue weighted by Gasteiger charge is 2.21. The highest BCUT2D eigenvalue weighted by molar-refractivity contribution is 5.82. The number of carbonyl (C=O) groups is 2. The molecule has 2 amide bonds. The second-order valence-electron chi connectivity index (χ2n) is 4.38. The second kappa shape index (κ2) is 5.72. The molecule has 1 fully saturated rings. The van der Waals surface area contributed by atoms with Crippen LogP contribution in [0.1, 0.15) is 26.7 Å². The third-order valence-electron chi connectivity index (χ3n) is 2.48. The molecular weight excluding hydrogens is 208 g/mol. The maximum atomic E-state index is 11.7. The fourth-order valence-corrected chi connectivity index (χ4v) is 1.63. The van der Waals surface area contributed by atoms with Gasteiger partial charge in [0.15, 0.2) is 0 Å². The van der Waals surface area contributed by atoms with E-state index in [9.17, 15) is 9.59 Å². The van der Waals surface area contributed by atoms with E-state index in [2.05, 4.69) is 0 Å². The van der Waals surface area contributed by atoms with Gasteiger partial charge in [-0.3, -0.25) is 4.79 Å². The van der Waals surface area contributed by atoms with E-state index in [0.717, 1.165) is 25.9 Å². The van der Waals surface area contributed by atoms with Gasteiger partial charge in [-0.15, -0.1) is 0 Å². The summed E-state index contributed by atoms with van der Waals surface area (Å²) in [6.45, 7) is 5.30. The van der Waals surface area contributed by atoms with Crippen molar-refractivity contribution in [3.63, 3.8) is 0 Å². The molecule has 0 aromatic rings. The molecule has 0 aromatic carbocycles. The van der Waals surface area contributed by atoms with Gasteiger partial charge in [-0.2, -0.15) is 0 Å². The van der Waals surface area contributed by atoms with Crippen LogP contribution in [0.25, 0.3) is 0 Å². The highest BCUT2D eigenvalue weighted by Crippen LogP contribution is 2.08. The van der Waals surface area contributed by atoms with E-state index in [-0.39, 0.29) is 18.6 Å². The van der Waals surface area contributed by atoms with Crippen molar-refractivity contribution in [3.8, 4) is 0 Å². The van der Waals surface area contributed by atoms with Gasteiger partial charge in [0.1, 0.15) is 6.54 Å². The van der Waals surface area contributed by atoms with Crippen LogP contribution in [-0.4, -0.2) is 54.6 Å². The Kier molecular flexibility index (Phi) is 4.58. The van der Waals surface area contributed by atoms with Crippen LogP contribution in [0.4, 0.5) is 4.79 Å². The maximum absolute atomic E-state index is 11.7. The number of ether oxygens (including phenoxy) is 1. The van der Waals surface area contributed by atoms with E-state index in [1.54, 1.807) is 25.8 Å². The van der Waals surface area contributed by atoms with Crippen molar-refractivity contribution in [1.82, 2.24) is 9.80 Å². The Labute approximate surface area is 96.3 Å². The third kappa shape index (κ3) is 3.72. The van der Waals surface area contributed by atoms with E-state index in [0.29, 0.717) is 0 Å². The minimum atomic E-state index is -0.442. The van der Waals surface area contributed by atoms with Crippen LogP contribution in [0.5, 0.6) is 0 Å². The van der Waals surface area contributed by atoms with Crippen LogP contribution >= 0.6 is 0 Å². The minimum absolute atomic E-state index is 0.000654. The largest absolute Gasteiger partial charge is 0.447 e. The summed E-state index contributed by atoms with van der Waals surface area (Å²) in [5.41, 5.74) is 0. The molecule has 1 aliphatic rings. The summed E-state index contributed by atoms with van der Waals surface area (Å²) >= 11 is 0. The Morgan fingerprint density at radius 3 is 2.38 bits per heavy atom. The van der Waals surface area contributed by atoms with E-state index in [1.165, 1.54) is 4.90 Å². The van der Waals surface area contributed by atoms with Gasteiger partial charge >= 0.3 is 6.09 Å². The van der Waals surface area contributed by atoms with Crippen molar-refractivity contribution in [2.45, 2.75) is 32.8 Å². The molecule has 0 N–H and O–H groups in total. The predicted octanol–water partition coefficient (Wildman–Crippen LogP) is 1.09. The second-order valence-corrected chi connectivity index (χ2v) is 4.38. The van der Waals surface area contributed by atoms with Crippen molar-refractivity contribution in [2.24, 2.45) is 0 Å². The summed E-state index contributed by atoms with van der Waals surface area (Å²) in [6, 6.07) is 0. The Hall–Kier alpha value is -1.26. The van der Waals surface area contributed by atoms with Crippen LogP contribution in [0.15, 0.2) is 0 Å². The number of hydrogen-bond acceptors (Lipinski definition) is 3. The van der Waals surface area contributed by atoms with Crippen molar-refractivity contribution in [2.75, 3.05) is 26.7 Å². The molecule has 1 heterocycles. The van der Waals surface area contributed by atoms with Crippen molar-refractivity contribution in [1.29, 1.82) is 0 Å². The van der Waals surface area contributed by atoms with Crippen LogP contribution < -0.4 is 0 Å². The minimum Gasteiger partial charge on any atom is -0.447 e. The molecule has 0 radical (unpaired) electrons. The zero-order valence-electron chi connectivity index (χ0n) is 10.2. The molecule has 0 aliphatic carbocycles. The molecule has 0 unspecified atom stereocenters. The normalized spacial score (nSPS) is 15.4. The number of likely N-dealkylation sites (N-methyl/N-ethyl adjacent to an activating group) is 1. The fraction of sp³-hybridized carbons (Fsp3) is 0.818. The van der Waals surface area contributed by atoms with Crippen LogP contribution in [0, 0.1) is 0 Å². The van der Waals surface area contributed by atoms with Crippen LogP contribution in [0.2, 0.25) is 0 Å². The zero-order valence-corrected chi connectivity index (χ0v) is 10.2. The van der Waals surface area contributed by atoms with E-state index in [1.807, 2.05) is 0 Å². The van der Waals surface area contributed by atoms with Crippen molar-refractivity contribution >= 4 is 12.0 Å². The molecule has 5 nitrogen and oxygen atoms in total. The Morgan fingerprint density at radius 1 is 1.31 bits per heavy atom. The molecule has 0 aromatic heterocycles. The summed E-state index contributed by atoms with van der Waals surface area (Å²) < 4.78 is 4.99. The Morgan fingerprint density at radius 2 is 1.88 bits per heavy atom. The molecule has 1 rings (SSSR count). The first kappa shape index (κ1) is 12.8. The molecule has 0 bridgehead atoms. The molecule has 92 valence electrons. The van der Waals surface area contributed by atoms with Gasteiger partial charge in [-0.05, 0) is 26.7 Å². The van der Waals surface area contributed by atoms with Gasteiger partial charge in [0.05, 0.1) is 6.10 Å². The zero-order chi connectivity index (χ0) is 12.1. The maximum Gasteiger partial charge on any atom is 0.410 e. The topological polar surface area (TPSA) is 49.9 Å². The van der Waals surface area contributed by atoms with Gasteiger partial charge in [-0.25, -0.2) is 4.79 Å². The molecule has 5 heteroatoms. The smallest absolute Gasteiger partial charge is 0.410 e. The molecule has 0 atom stereocenters. The van der Waals surface area contributed by atoms with Crippen LogP contribution in [0.3, 0.4) is 0 Å². The third-order valence-corrected chi connectivity index (χ3v) is 2.48. The van der Waals surface area contributed by atoms with E-state index >= 15 is 0 Å². The average Bonchev–Trinajstić information content (AvgIpc) is 2.68. The summed E-state index contributed by atoms with van der Waals surface area (Å²) in [7, 11) is 1.58. The van der Waals surface area contributed by atoms with Gasteiger partial charge in [0.2, 0.25) is 5.91 Å². The first-order valence-electron chi connectivity index (χ1n) is 5.70. The van der Waals surface area contributed by atoms with Gasteiger partial charge in [0, 0.05) is 20.1 Å². The predicted molar refractivity (Wildman–Crippen MR) is 60.1 cm³/mol. The van der Waals surface area contributed by atoms with Crippen LogP contribution in [-0.2, 0) is 9.53 Å². The molecule has 1 aliphatic heterocycles. The number of likely N-dealkylation sites (tertiary alicyclic amines) is 1. The van der Waals surface area contributed by atoms with Crippen molar-refractivity contribution < 1.29 is 14.3 Å². The number of hydrogen-bond donors (Lipinski definition) is 0. The molecular formula is C11H20N2O3. The molecule has 0 spiro atoms. The first-order chi connectivity index (χ1) is 7.50. The standard InChI is InChI=1S/C11H20N2O3/c1-9(2)16-11(15)12(3)8-10(14)13-6-4-5-7-13/h9H,4-8H2,1-3H3. The van der Waals surface area contributed by atoms with E-state index in [4.69, 9.17) is 4.74 Å². The lowest BCUT2D eigenvalue weighted by molar-refractivity contribution is -0.130. The monoisotopic (exact) mass is 228 g/mol. The lowest BCUT2D eigenvalue weighted by Gasteiger charge is -2.21. The molecule has 16 heavy (non-hydrogen) atoms. The molecule has 1 saturated heterocycles. The number of carbonyl (C=O) groups excluding carboxylic acids is 2. The summed E-state index contributed by atoms with van der Waals surface area (Å²) in [5.74, 6) is 0.000654. The van der Waals surface area contributed by atoms with Gasteiger partial charge in [0.25, 0.3) is 0 Å². The number of nitrogens with zero attached hydrogens (tertiary/aromatic N) is 2. The molecule has 0 saturated carbocycles. The summed E-state index contributed by atoms with van der Waals surface area (Å²) in [4.78, 5) is 26.3. The SMILES string of the molecule is CC(C)OC(=O)N(C)CC(=O)N1CCCC1. The average molecular weight is 228 g/mol. The first-order valence-corrected chi connectivity index (χ1v) is 5.70. The number of rotatable bonds is 3. The van der Waals surface area contributed by atoms with Crippen molar-refractivity contribution in [3.05, 3.63) is 0 Å². The van der Waals surface area contributed by atoms with Gasteiger partial charge in [-0.1, -0.05) is 0 Å². The Balaban J connectivity index is 2.35. The summed E-state index contributed by atoms with van der Waals surface area (Å²) in [6.07, 6.45) is 1.53. The van der Waals surface area contributed by atoms with Gasteiger partial charge < -0.3 is 14.5 Å². The quantitative estimate of drug-likeness (QED) is 0.726. The van der Waals surface area contributed by atoms with E-state index < -0.39 is 6.09 Å². The summed E-state index contributed by atoms with van der Waals surface area (Å²) in [5, 5.41) is 0. The lowest BCUT2D eigenvalue weighted by atomic mass is 10.4. The highest BCUT2D eigenvalue weighted by atomic mass is 16.6. The number of amides is 2. The lowest BCUT2D eigenvalue weighted by Crippen LogP contribution is -2.40.